The summed E-state index contributed by atoms with van der Waals surface area (Å²) in [5.74, 6) is -1.30. The second kappa shape index (κ2) is 5.31. The number of nitrogens with zero attached hydrogens (tertiary/aromatic N) is 2. The van der Waals surface area contributed by atoms with E-state index >= 15 is 0 Å². The highest BCUT2D eigenvalue weighted by Crippen LogP contribution is 1.95. The lowest BCUT2D eigenvalue weighted by Gasteiger charge is -2.16. The molecule has 0 spiro atoms. The van der Waals surface area contributed by atoms with Gasteiger partial charge in [-0.15, -0.1) is 0 Å². The van der Waals surface area contributed by atoms with Crippen LogP contribution in [0, 0.1) is 11.5 Å². The van der Waals surface area contributed by atoms with Gasteiger partial charge in [-0.1, -0.05) is 0 Å². The van der Waals surface area contributed by atoms with Crippen molar-refractivity contribution < 1.29 is 18.0 Å². The van der Waals surface area contributed by atoms with Gasteiger partial charge in [0, 0.05) is 13.3 Å². The van der Waals surface area contributed by atoms with Crippen LogP contribution in [0.5, 0.6) is 0 Å². The van der Waals surface area contributed by atoms with Gasteiger partial charge in [0.2, 0.25) is 6.41 Å². The van der Waals surface area contributed by atoms with Gasteiger partial charge in [0.25, 0.3) is 5.91 Å². The quantitative estimate of drug-likeness (QED) is 0.338. The van der Waals surface area contributed by atoms with Crippen LogP contribution in [0.1, 0.15) is 0 Å². The average Bonchev–Trinajstić information content (AvgIpc) is 2.13. The zero-order valence-electron chi connectivity index (χ0n) is 8.30. The maximum Gasteiger partial charge on any atom is 0.258 e. The predicted molar refractivity (Wildman–Crippen MR) is 51.1 cm³/mol. The smallest absolute Gasteiger partial charge is 0.258 e. The maximum atomic E-state index is 11.4. The van der Waals surface area contributed by atoms with Crippen molar-refractivity contribution in [3.8, 4) is 6.19 Å². The molecule has 0 aromatic heterocycles. The van der Waals surface area contributed by atoms with E-state index in [0.29, 0.717) is 4.90 Å². The highest BCUT2D eigenvalue weighted by atomic mass is 32.2. The van der Waals surface area contributed by atoms with E-state index in [1.807, 2.05) is 0 Å². The summed E-state index contributed by atoms with van der Waals surface area (Å²) in [5.41, 5.74) is 0. The lowest BCUT2D eigenvalue weighted by molar-refractivity contribution is -0.130. The minimum absolute atomic E-state index is 0.221. The van der Waals surface area contributed by atoms with Crippen molar-refractivity contribution >= 4 is 22.2 Å². The summed E-state index contributed by atoms with van der Waals surface area (Å²) in [6.07, 6.45) is 2.68. The lowest BCUT2D eigenvalue weighted by atomic mass is 10.3. The monoisotopic (exact) mass is 233 g/mol. The SMILES string of the molecule is CN(C#N)C(=O)C(CS(C)(=O)=O)NC=O. The molecule has 1 N–H and O–H groups in total. The third kappa shape index (κ3) is 4.97. The molecule has 1 atom stereocenters. The summed E-state index contributed by atoms with van der Waals surface area (Å²) in [6.45, 7) is 0. The van der Waals surface area contributed by atoms with Crippen LogP contribution in [0.25, 0.3) is 0 Å². The first-order chi connectivity index (χ1) is 6.81. The third-order valence-electron chi connectivity index (χ3n) is 1.52. The summed E-state index contributed by atoms with van der Waals surface area (Å²) in [7, 11) is -2.23. The predicted octanol–water partition coefficient (Wildman–Crippen LogP) is -1.91. The number of hydrogen-bond acceptors (Lipinski definition) is 5. The standard InChI is InChI=1S/C7H11N3O4S/c1-10(4-8)7(12)6(9-5-11)3-15(2,13)14/h5-6H,3H2,1-2H3,(H,9,11). The van der Waals surface area contributed by atoms with Crippen LogP contribution >= 0.6 is 0 Å². The van der Waals surface area contributed by atoms with Crippen LogP contribution in [0.15, 0.2) is 0 Å². The van der Waals surface area contributed by atoms with Gasteiger partial charge in [0.05, 0.1) is 5.75 Å². The van der Waals surface area contributed by atoms with Gasteiger partial charge in [-0.3, -0.25) is 14.5 Å². The Morgan fingerprint density at radius 2 is 2.20 bits per heavy atom. The summed E-state index contributed by atoms with van der Waals surface area (Å²) in [4.78, 5) is 22.2. The van der Waals surface area contributed by atoms with E-state index in [0.717, 1.165) is 6.26 Å². The van der Waals surface area contributed by atoms with Gasteiger partial charge < -0.3 is 5.32 Å². The average molecular weight is 233 g/mol. The number of sulfone groups is 1. The van der Waals surface area contributed by atoms with Gasteiger partial charge in [-0.2, -0.15) is 5.26 Å². The number of rotatable bonds is 5. The lowest BCUT2D eigenvalue weighted by Crippen LogP contribution is -2.46. The fourth-order valence-electron chi connectivity index (χ4n) is 0.859. The van der Waals surface area contributed by atoms with Crippen LogP contribution in [-0.2, 0) is 19.4 Å². The van der Waals surface area contributed by atoms with Crippen molar-refractivity contribution in [3.63, 3.8) is 0 Å². The molecule has 0 aliphatic heterocycles. The van der Waals surface area contributed by atoms with Gasteiger partial charge >= 0.3 is 0 Å². The van der Waals surface area contributed by atoms with Crippen molar-refractivity contribution in [2.75, 3.05) is 19.1 Å². The molecule has 0 aromatic rings. The number of amides is 2. The van der Waals surface area contributed by atoms with Gasteiger partial charge in [-0.25, -0.2) is 8.42 Å². The Bertz CT molecular complexity index is 384. The van der Waals surface area contributed by atoms with Crippen LogP contribution in [0.4, 0.5) is 0 Å². The number of hydrogen-bond donors (Lipinski definition) is 1. The number of likely N-dealkylation sites (N-methyl/N-ethyl adjacent to an activating group) is 1. The second-order valence-electron chi connectivity index (χ2n) is 2.93. The fraction of sp³-hybridized carbons (Fsp3) is 0.571. The Morgan fingerprint density at radius 1 is 1.67 bits per heavy atom. The van der Waals surface area contributed by atoms with Gasteiger partial charge in [-0.05, 0) is 0 Å². The molecule has 0 radical (unpaired) electrons. The summed E-state index contributed by atoms with van der Waals surface area (Å²) in [6, 6.07) is -1.22. The molecule has 84 valence electrons. The van der Waals surface area contributed by atoms with E-state index in [2.05, 4.69) is 5.32 Å². The topological polar surface area (TPSA) is 107 Å². The third-order valence-corrected chi connectivity index (χ3v) is 2.46. The molecule has 0 aliphatic carbocycles. The minimum atomic E-state index is -3.41. The Morgan fingerprint density at radius 3 is 2.53 bits per heavy atom. The molecular weight excluding hydrogens is 222 g/mol. The number of carbonyl (C=O) groups excluding carboxylic acids is 2. The second-order valence-corrected chi connectivity index (χ2v) is 5.11. The first kappa shape index (κ1) is 13.4. The Hall–Kier alpha value is -1.62. The molecule has 0 rings (SSSR count). The van der Waals surface area contributed by atoms with E-state index in [-0.39, 0.29) is 6.41 Å². The molecule has 1 unspecified atom stereocenters. The van der Waals surface area contributed by atoms with Crippen molar-refractivity contribution in [2.45, 2.75) is 6.04 Å². The summed E-state index contributed by atoms with van der Waals surface area (Å²) >= 11 is 0. The van der Waals surface area contributed by atoms with Gasteiger partial charge in [0.1, 0.15) is 15.9 Å². The van der Waals surface area contributed by atoms with Crippen LogP contribution in [0.2, 0.25) is 0 Å². The number of nitriles is 1. The molecule has 0 saturated carbocycles. The van der Waals surface area contributed by atoms with Crippen molar-refractivity contribution in [1.29, 1.82) is 5.26 Å². The number of carbonyl (C=O) groups is 2. The molecule has 2 amide bonds. The largest absolute Gasteiger partial charge is 0.346 e. The zero-order valence-corrected chi connectivity index (χ0v) is 9.11. The molecule has 0 bridgehead atoms. The molecule has 0 aromatic carbocycles. The normalized spacial score (nSPS) is 12.3. The first-order valence-electron chi connectivity index (χ1n) is 3.86. The highest BCUT2D eigenvalue weighted by molar-refractivity contribution is 7.90. The van der Waals surface area contributed by atoms with Crippen LogP contribution in [-0.4, -0.2) is 50.7 Å². The van der Waals surface area contributed by atoms with Crippen LogP contribution in [0.3, 0.4) is 0 Å². The van der Waals surface area contributed by atoms with E-state index in [4.69, 9.17) is 5.26 Å². The molecule has 15 heavy (non-hydrogen) atoms. The maximum absolute atomic E-state index is 11.4. The van der Waals surface area contributed by atoms with E-state index in [1.165, 1.54) is 13.2 Å². The Balaban J connectivity index is 4.75. The Labute approximate surface area is 87.6 Å². The van der Waals surface area contributed by atoms with Gasteiger partial charge in [0.15, 0.2) is 6.19 Å². The first-order valence-corrected chi connectivity index (χ1v) is 5.92. The van der Waals surface area contributed by atoms with Crippen molar-refractivity contribution in [1.82, 2.24) is 10.2 Å². The van der Waals surface area contributed by atoms with E-state index < -0.39 is 27.5 Å². The summed E-state index contributed by atoms with van der Waals surface area (Å²) < 4.78 is 21.8. The van der Waals surface area contributed by atoms with Crippen molar-refractivity contribution in [2.24, 2.45) is 0 Å². The summed E-state index contributed by atoms with van der Waals surface area (Å²) in [5, 5.41) is 10.5. The molecule has 0 aliphatic rings. The van der Waals surface area contributed by atoms with Crippen molar-refractivity contribution in [3.05, 3.63) is 0 Å². The van der Waals surface area contributed by atoms with Crippen LogP contribution < -0.4 is 5.32 Å². The zero-order chi connectivity index (χ0) is 12.1. The molecule has 0 saturated heterocycles. The highest BCUT2D eigenvalue weighted by Gasteiger charge is 2.25. The number of nitrogens with one attached hydrogen (secondary N) is 1. The Kier molecular flexibility index (Phi) is 4.73. The molecular formula is C7H11N3O4S. The molecule has 0 heterocycles. The van der Waals surface area contributed by atoms with E-state index in [1.54, 1.807) is 0 Å². The fourth-order valence-corrected chi connectivity index (χ4v) is 1.70. The molecule has 0 fully saturated rings. The molecule has 8 heteroatoms. The minimum Gasteiger partial charge on any atom is -0.346 e. The molecule has 7 nitrogen and oxygen atoms in total. The van der Waals surface area contributed by atoms with E-state index in [9.17, 15) is 18.0 Å².